The third kappa shape index (κ3) is 3.14. The van der Waals surface area contributed by atoms with Gasteiger partial charge in [0.25, 0.3) is 5.91 Å². The highest BCUT2D eigenvalue weighted by Gasteiger charge is 2.30. The quantitative estimate of drug-likeness (QED) is 0.747. The van der Waals surface area contributed by atoms with Crippen molar-refractivity contribution in [2.45, 2.75) is 19.4 Å². The standard InChI is InChI=1S/C21H21N3O3/c1-13-20-17(16-4-2-3-5-18(16)23-20)10-11-24(13)19(25)12-27-15-8-6-14(7-9-15)21(22)26/h2-9,13,23H,10-12H2,1H3,(H2,22,26). The first-order valence-corrected chi connectivity index (χ1v) is 8.96. The van der Waals surface area contributed by atoms with Crippen molar-refractivity contribution in [3.63, 3.8) is 0 Å². The van der Waals surface area contributed by atoms with Crippen LogP contribution < -0.4 is 10.5 Å². The smallest absolute Gasteiger partial charge is 0.261 e. The fraction of sp³-hybridized carbons (Fsp3) is 0.238. The first kappa shape index (κ1) is 17.1. The van der Waals surface area contributed by atoms with Crippen LogP contribution in [0.25, 0.3) is 10.9 Å². The first-order chi connectivity index (χ1) is 13.0. The summed E-state index contributed by atoms with van der Waals surface area (Å²) >= 11 is 0. The van der Waals surface area contributed by atoms with E-state index in [-0.39, 0.29) is 18.6 Å². The fourth-order valence-electron chi connectivity index (χ4n) is 3.71. The van der Waals surface area contributed by atoms with Crippen LogP contribution in [0.3, 0.4) is 0 Å². The Kier molecular flexibility index (Phi) is 4.32. The van der Waals surface area contributed by atoms with Crippen LogP contribution in [0, 0.1) is 0 Å². The molecule has 1 unspecified atom stereocenters. The molecule has 138 valence electrons. The maximum atomic E-state index is 12.7. The number of aromatic nitrogens is 1. The summed E-state index contributed by atoms with van der Waals surface area (Å²) < 4.78 is 5.60. The van der Waals surface area contributed by atoms with Crippen LogP contribution in [0.4, 0.5) is 0 Å². The number of nitrogens with zero attached hydrogens (tertiary/aromatic N) is 1. The molecule has 0 saturated heterocycles. The molecule has 2 heterocycles. The molecule has 1 atom stereocenters. The summed E-state index contributed by atoms with van der Waals surface area (Å²) in [6.45, 7) is 2.65. The SMILES string of the molecule is CC1c2[nH]c3ccccc3c2CCN1C(=O)COc1ccc(C(N)=O)cc1. The van der Waals surface area contributed by atoms with Crippen molar-refractivity contribution < 1.29 is 14.3 Å². The molecule has 0 radical (unpaired) electrons. The molecule has 0 fully saturated rings. The summed E-state index contributed by atoms with van der Waals surface area (Å²) in [5.74, 6) is -0.0241. The van der Waals surface area contributed by atoms with Gasteiger partial charge in [0.1, 0.15) is 5.75 Å². The highest BCUT2D eigenvalue weighted by molar-refractivity contribution is 5.92. The molecule has 3 aromatic rings. The summed E-state index contributed by atoms with van der Waals surface area (Å²) in [5.41, 5.74) is 9.13. The van der Waals surface area contributed by atoms with Crippen molar-refractivity contribution in [2.24, 2.45) is 5.73 Å². The molecule has 3 N–H and O–H groups in total. The van der Waals surface area contributed by atoms with Crippen molar-refractivity contribution in [1.29, 1.82) is 0 Å². The summed E-state index contributed by atoms with van der Waals surface area (Å²) in [6.07, 6.45) is 0.822. The maximum absolute atomic E-state index is 12.7. The van der Waals surface area contributed by atoms with E-state index in [1.807, 2.05) is 24.0 Å². The van der Waals surface area contributed by atoms with Crippen molar-refractivity contribution >= 4 is 22.7 Å². The van der Waals surface area contributed by atoms with Gasteiger partial charge in [0.05, 0.1) is 6.04 Å². The molecule has 1 aliphatic heterocycles. The molecule has 2 amide bonds. The minimum atomic E-state index is -0.492. The summed E-state index contributed by atoms with van der Waals surface area (Å²) in [7, 11) is 0. The number of hydrogen-bond acceptors (Lipinski definition) is 3. The van der Waals surface area contributed by atoms with Crippen molar-refractivity contribution in [3.05, 3.63) is 65.4 Å². The number of carbonyl (C=O) groups excluding carboxylic acids is 2. The molecule has 6 heteroatoms. The lowest BCUT2D eigenvalue weighted by Gasteiger charge is -2.33. The molecule has 2 aromatic carbocycles. The van der Waals surface area contributed by atoms with E-state index in [0.29, 0.717) is 17.9 Å². The minimum absolute atomic E-state index is 0.0329. The van der Waals surface area contributed by atoms with Crippen molar-refractivity contribution in [2.75, 3.05) is 13.2 Å². The van der Waals surface area contributed by atoms with Gasteiger partial charge in [-0.15, -0.1) is 0 Å². The second-order valence-corrected chi connectivity index (χ2v) is 6.75. The zero-order valence-corrected chi connectivity index (χ0v) is 15.1. The second kappa shape index (κ2) is 6.79. The molecular weight excluding hydrogens is 342 g/mol. The van der Waals surface area contributed by atoms with Gasteiger partial charge in [-0.2, -0.15) is 0 Å². The Bertz CT molecular complexity index is 1010. The van der Waals surface area contributed by atoms with Crippen molar-refractivity contribution in [3.8, 4) is 5.75 Å². The Balaban J connectivity index is 1.45. The van der Waals surface area contributed by atoms with E-state index in [1.165, 1.54) is 10.9 Å². The van der Waals surface area contributed by atoms with Crippen LogP contribution in [-0.2, 0) is 11.2 Å². The summed E-state index contributed by atoms with van der Waals surface area (Å²) in [6, 6.07) is 14.6. The van der Waals surface area contributed by atoms with Gasteiger partial charge in [0.2, 0.25) is 5.91 Å². The first-order valence-electron chi connectivity index (χ1n) is 8.96. The van der Waals surface area contributed by atoms with Gasteiger partial charge in [-0.05, 0) is 49.2 Å². The van der Waals surface area contributed by atoms with Crippen LogP contribution in [0.1, 0.15) is 34.6 Å². The third-order valence-electron chi connectivity index (χ3n) is 5.16. The van der Waals surface area contributed by atoms with Gasteiger partial charge >= 0.3 is 0 Å². The predicted octanol–water partition coefficient (Wildman–Crippen LogP) is 2.79. The van der Waals surface area contributed by atoms with E-state index >= 15 is 0 Å². The zero-order chi connectivity index (χ0) is 19.0. The van der Waals surface area contributed by atoms with E-state index < -0.39 is 5.91 Å². The molecule has 4 rings (SSSR count). The lowest BCUT2D eigenvalue weighted by atomic mass is 9.98. The van der Waals surface area contributed by atoms with E-state index in [2.05, 4.69) is 17.1 Å². The Morgan fingerprint density at radius 1 is 1.19 bits per heavy atom. The Morgan fingerprint density at radius 2 is 1.93 bits per heavy atom. The van der Waals surface area contributed by atoms with E-state index in [9.17, 15) is 9.59 Å². The van der Waals surface area contributed by atoms with Gasteiger partial charge < -0.3 is 20.4 Å². The summed E-state index contributed by atoms with van der Waals surface area (Å²) in [4.78, 5) is 29.1. The van der Waals surface area contributed by atoms with Crippen molar-refractivity contribution in [1.82, 2.24) is 9.88 Å². The third-order valence-corrected chi connectivity index (χ3v) is 5.16. The summed E-state index contributed by atoms with van der Waals surface area (Å²) in [5, 5.41) is 1.23. The molecule has 0 bridgehead atoms. The molecular formula is C21H21N3O3. The lowest BCUT2D eigenvalue weighted by Crippen LogP contribution is -2.41. The minimum Gasteiger partial charge on any atom is -0.484 e. The van der Waals surface area contributed by atoms with Crippen LogP contribution in [0.5, 0.6) is 5.75 Å². The average molecular weight is 363 g/mol. The normalized spacial score (nSPS) is 16.2. The average Bonchev–Trinajstić information content (AvgIpc) is 3.06. The Hall–Kier alpha value is -3.28. The number of carbonyl (C=O) groups is 2. The Labute approximate surface area is 156 Å². The molecule has 1 aliphatic rings. The number of hydrogen-bond donors (Lipinski definition) is 2. The number of para-hydroxylation sites is 1. The molecule has 0 aliphatic carbocycles. The predicted molar refractivity (Wildman–Crippen MR) is 103 cm³/mol. The fourth-order valence-corrected chi connectivity index (χ4v) is 3.71. The molecule has 0 spiro atoms. The molecule has 1 aromatic heterocycles. The van der Waals surface area contributed by atoms with Crippen LogP contribution in [0.15, 0.2) is 48.5 Å². The van der Waals surface area contributed by atoms with Gasteiger partial charge in [0.15, 0.2) is 6.61 Å². The Morgan fingerprint density at radius 3 is 2.67 bits per heavy atom. The van der Waals surface area contributed by atoms with Crippen LogP contribution in [0.2, 0.25) is 0 Å². The largest absolute Gasteiger partial charge is 0.484 e. The van der Waals surface area contributed by atoms with E-state index in [4.69, 9.17) is 10.5 Å². The topological polar surface area (TPSA) is 88.4 Å². The van der Waals surface area contributed by atoms with Gasteiger partial charge in [0, 0.05) is 28.7 Å². The number of nitrogens with two attached hydrogens (primary N) is 1. The number of rotatable bonds is 4. The number of primary amides is 1. The zero-order valence-electron chi connectivity index (χ0n) is 15.1. The lowest BCUT2D eigenvalue weighted by molar-refractivity contribution is -0.136. The second-order valence-electron chi connectivity index (χ2n) is 6.75. The maximum Gasteiger partial charge on any atom is 0.261 e. The van der Waals surface area contributed by atoms with Gasteiger partial charge in [-0.1, -0.05) is 18.2 Å². The highest BCUT2D eigenvalue weighted by Crippen LogP contribution is 2.34. The molecule has 0 saturated carbocycles. The molecule has 27 heavy (non-hydrogen) atoms. The number of aromatic amines is 1. The number of amides is 2. The number of H-pyrrole nitrogens is 1. The van der Waals surface area contributed by atoms with E-state index in [0.717, 1.165) is 17.6 Å². The number of benzene rings is 2. The number of nitrogens with one attached hydrogen (secondary N) is 1. The van der Waals surface area contributed by atoms with Gasteiger partial charge in [-0.25, -0.2) is 0 Å². The van der Waals surface area contributed by atoms with Crippen LogP contribution in [-0.4, -0.2) is 34.8 Å². The highest BCUT2D eigenvalue weighted by atomic mass is 16.5. The molecule has 6 nitrogen and oxygen atoms in total. The van der Waals surface area contributed by atoms with Crippen LogP contribution >= 0.6 is 0 Å². The monoisotopic (exact) mass is 363 g/mol. The number of fused-ring (bicyclic) bond motifs is 3. The van der Waals surface area contributed by atoms with Gasteiger partial charge in [-0.3, -0.25) is 9.59 Å². The number of ether oxygens (including phenoxy) is 1. The van der Waals surface area contributed by atoms with E-state index in [1.54, 1.807) is 24.3 Å².